The SMILES string of the molecule is COCCNCC(=O)NC1CCCN(c2ccc(OC(F)F)cc2)C1=O.Cl. The highest BCUT2D eigenvalue weighted by Gasteiger charge is 2.30. The normalized spacial score (nSPS) is 16.8. The fraction of sp³-hybridized carbons (Fsp3) is 0.529. The van der Waals surface area contributed by atoms with Crippen molar-refractivity contribution in [3.63, 3.8) is 0 Å². The van der Waals surface area contributed by atoms with Gasteiger partial charge in [0.25, 0.3) is 0 Å². The Bertz CT molecular complexity index is 604. The summed E-state index contributed by atoms with van der Waals surface area (Å²) in [7, 11) is 1.57. The number of carbonyl (C=O) groups excluding carboxylic acids is 2. The highest BCUT2D eigenvalue weighted by molar-refractivity contribution is 6.00. The zero-order valence-electron chi connectivity index (χ0n) is 15.0. The minimum absolute atomic E-state index is 0. The van der Waals surface area contributed by atoms with Gasteiger partial charge in [-0.1, -0.05) is 0 Å². The first kappa shape index (κ1) is 23.1. The minimum Gasteiger partial charge on any atom is -0.435 e. The van der Waals surface area contributed by atoms with E-state index in [0.717, 1.165) is 6.42 Å². The summed E-state index contributed by atoms with van der Waals surface area (Å²) >= 11 is 0. The lowest BCUT2D eigenvalue weighted by molar-refractivity contribution is -0.128. The van der Waals surface area contributed by atoms with Crippen LogP contribution in [0.15, 0.2) is 24.3 Å². The van der Waals surface area contributed by atoms with Crippen LogP contribution in [-0.2, 0) is 14.3 Å². The van der Waals surface area contributed by atoms with Gasteiger partial charge in [0.2, 0.25) is 11.8 Å². The number of alkyl halides is 2. The molecule has 2 N–H and O–H groups in total. The molecule has 1 aromatic rings. The number of hydrogen-bond donors (Lipinski definition) is 2. The fourth-order valence-electron chi connectivity index (χ4n) is 2.69. The zero-order valence-corrected chi connectivity index (χ0v) is 15.8. The standard InChI is InChI=1S/C17H23F2N3O4.ClH/c1-25-10-8-20-11-15(23)21-14-3-2-9-22(16(14)24)12-4-6-13(7-5-12)26-17(18)19;/h4-7,14,17,20H,2-3,8-11H2,1H3,(H,21,23);1H. The molecule has 1 heterocycles. The van der Waals surface area contributed by atoms with Crippen molar-refractivity contribution in [3.05, 3.63) is 24.3 Å². The average Bonchev–Trinajstić information content (AvgIpc) is 2.61. The van der Waals surface area contributed by atoms with E-state index in [1.165, 1.54) is 12.1 Å². The Kier molecular flexibility index (Phi) is 9.98. The highest BCUT2D eigenvalue weighted by atomic mass is 35.5. The zero-order chi connectivity index (χ0) is 18.9. The van der Waals surface area contributed by atoms with Crippen LogP contribution in [0, 0.1) is 0 Å². The van der Waals surface area contributed by atoms with Crippen LogP contribution in [0.1, 0.15) is 12.8 Å². The molecular formula is C17H24ClF2N3O4. The Labute approximate surface area is 162 Å². The number of halogens is 3. The molecule has 1 aromatic carbocycles. The number of methoxy groups -OCH3 is 1. The van der Waals surface area contributed by atoms with Gasteiger partial charge in [0, 0.05) is 25.9 Å². The van der Waals surface area contributed by atoms with Gasteiger partial charge in [0.1, 0.15) is 11.8 Å². The number of carbonyl (C=O) groups is 2. The topological polar surface area (TPSA) is 79.9 Å². The molecule has 0 spiro atoms. The predicted octanol–water partition coefficient (Wildman–Crippen LogP) is 1.56. The van der Waals surface area contributed by atoms with Crippen LogP contribution < -0.4 is 20.3 Å². The first-order valence-electron chi connectivity index (χ1n) is 8.36. The number of benzene rings is 1. The fourth-order valence-corrected chi connectivity index (χ4v) is 2.69. The first-order chi connectivity index (χ1) is 12.5. The van der Waals surface area contributed by atoms with Crippen molar-refractivity contribution in [1.82, 2.24) is 10.6 Å². The molecule has 10 heteroatoms. The number of ether oxygens (including phenoxy) is 2. The van der Waals surface area contributed by atoms with Gasteiger partial charge in [-0.2, -0.15) is 8.78 Å². The molecule has 1 aliphatic heterocycles. The van der Waals surface area contributed by atoms with Crippen molar-refractivity contribution in [1.29, 1.82) is 0 Å². The van der Waals surface area contributed by atoms with Crippen molar-refractivity contribution >= 4 is 29.9 Å². The smallest absolute Gasteiger partial charge is 0.387 e. The maximum atomic E-state index is 12.6. The minimum atomic E-state index is -2.89. The van der Waals surface area contributed by atoms with Gasteiger partial charge in [-0.25, -0.2) is 0 Å². The van der Waals surface area contributed by atoms with Crippen molar-refractivity contribution in [2.45, 2.75) is 25.5 Å². The number of nitrogens with zero attached hydrogens (tertiary/aromatic N) is 1. The Morgan fingerprint density at radius 2 is 2.04 bits per heavy atom. The molecule has 152 valence electrons. The lowest BCUT2D eigenvalue weighted by Crippen LogP contribution is -2.53. The Morgan fingerprint density at radius 3 is 2.67 bits per heavy atom. The molecule has 1 aliphatic rings. The van der Waals surface area contributed by atoms with E-state index in [-0.39, 0.29) is 36.5 Å². The van der Waals surface area contributed by atoms with Crippen molar-refractivity contribution in [3.8, 4) is 5.75 Å². The number of anilines is 1. The number of rotatable bonds is 9. The van der Waals surface area contributed by atoms with Gasteiger partial charge in [0.05, 0.1) is 13.2 Å². The summed E-state index contributed by atoms with van der Waals surface area (Å²) in [5, 5.41) is 5.64. The van der Waals surface area contributed by atoms with Crippen LogP contribution in [0.4, 0.5) is 14.5 Å². The van der Waals surface area contributed by atoms with Crippen LogP contribution in [0.3, 0.4) is 0 Å². The lowest BCUT2D eigenvalue weighted by Gasteiger charge is -2.32. The van der Waals surface area contributed by atoms with Gasteiger partial charge in [0.15, 0.2) is 0 Å². The Hall–Kier alpha value is -1.97. The molecule has 1 saturated heterocycles. The van der Waals surface area contributed by atoms with E-state index in [1.54, 1.807) is 24.1 Å². The maximum Gasteiger partial charge on any atom is 0.387 e. The van der Waals surface area contributed by atoms with Gasteiger partial charge < -0.3 is 25.0 Å². The molecule has 0 radical (unpaired) electrons. The van der Waals surface area contributed by atoms with E-state index in [0.29, 0.717) is 31.8 Å². The first-order valence-corrected chi connectivity index (χ1v) is 8.36. The molecular weight excluding hydrogens is 384 g/mol. The van der Waals surface area contributed by atoms with Crippen molar-refractivity contribution in [2.75, 3.05) is 38.3 Å². The van der Waals surface area contributed by atoms with E-state index < -0.39 is 12.7 Å². The lowest BCUT2D eigenvalue weighted by atomic mass is 10.0. The van der Waals surface area contributed by atoms with Crippen molar-refractivity contribution < 1.29 is 27.8 Å². The number of piperidine rings is 1. The summed E-state index contributed by atoms with van der Waals surface area (Å²) < 4.78 is 33.6. The third kappa shape index (κ3) is 7.28. The van der Waals surface area contributed by atoms with Gasteiger partial charge in [-0.15, -0.1) is 12.4 Å². The largest absolute Gasteiger partial charge is 0.435 e. The van der Waals surface area contributed by atoms with E-state index >= 15 is 0 Å². The Balaban J connectivity index is 0.00000364. The van der Waals surface area contributed by atoms with Crippen LogP contribution in [-0.4, -0.2) is 57.8 Å². The van der Waals surface area contributed by atoms with E-state index in [2.05, 4.69) is 15.4 Å². The highest BCUT2D eigenvalue weighted by Crippen LogP contribution is 2.24. The van der Waals surface area contributed by atoms with E-state index in [1.807, 2.05) is 0 Å². The molecule has 7 nitrogen and oxygen atoms in total. The molecule has 0 aromatic heterocycles. The van der Waals surface area contributed by atoms with Crippen molar-refractivity contribution in [2.24, 2.45) is 0 Å². The molecule has 2 amide bonds. The number of hydrogen-bond acceptors (Lipinski definition) is 5. The Morgan fingerprint density at radius 1 is 1.33 bits per heavy atom. The third-order valence-corrected chi connectivity index (χ3v) is 3.92. The second-order valence-corrected chi connectivity index (χ2v) is 5.79. The number of nitrogens with one attached hydrogen (secondary N) is 2. The van der Waals surface area contributed by atoms with Crippen LogP contribution in [0.25, 0.3) is 0 Å². The van der Waals surface area contributed by atoms with Crippen LogP contribution >= 0.6 is 12.4 Å². The average molecular weight is 408 g/mol. The summed E-state index contributed by atoms with van der Waals surface area (Å²) in [6.45, 7) is -1.25. The van der Waals surface area contributed by atoms with Crippen LogP contribution in [0.2, 0.25) is 0 Å². The van der Waals surface area contributed by atoms with Gasteiger partial charge in [-0.05, 0) is 37.1 Å². The van der Waals surface area contributed by atoms with Gasteiger partial charge in [-0.3, -0.25) is 9.59 Å². The quantitative estimate of drug-likeness (QED) is 0.607. The third-order valence-electron chi connectivity index (χ3n) is 3.92. The summed E-state index contributed by atoms with van der Waals surface area (Å²) in [6.07, 6.45) is 1.29. The summed E-state index contributed by atoms with van der Waals surface area (Å²) in [6, 6.07) is 5.27. The van der Waals surface area contributed by atoms with Crippen LogP contribution in [0.5, 0.6) is 5.75 Å². The second kappa shape index (κ2) is 11.7. The van der Waals surface area contributed by atoms with E-state index in [4.69, 9.17) is 4.74 Å². The molecule has 1 fully saturated rings. The molecule has 0 aliphatic carbocycles. The molecule has 1 unspecified atom stereocenters. The molecule has 0 saturated carbocycles. The molecule has 2 rings (SSSR count). The van der Waals surface area contributed by atoms with E-state index in [9.17, 15) is 18.4 Å². The predicted molar refractivity (Wildman–Crippen MR) is 98.6 cm³/mol. The number of amides is 2. The molecule has 27 heavy (non-hydrogen) atoms. The van der Waals surface area contributed by atoms with Gasteiger partial charge >= 0.3 is 6.61 Å². The summed E-state index contributed by atoms with van der Waals surface area (Å²) in [5.41, 5.74) is 0.578. The molecule has 1 atom stereocenters. The summed E-state index contributed by atoms with van der Waals surface area (Å²) in [4.78, 5) is 26.1. The second-order valence-electron chi connectivity index (χ2n) is 5.79. The summed E-state index contributed by atoms with van der Waals surface area (Å²) in [5.74, 6) is -0.453. The molecule has 0 bridgehead atoms. The maximum absolute atomic E-state index is 12.6. The monoisotopic (exact) mass is 407 g/mol.